The monoisotopic (exact) mass is 293 g/mol. The molecule has 0 unspecified atom stereocenters. The number of benzene rings is 1. The van der Waals surface area contributed by atoms with Gasteiger partial charge in [0.2, 0.25) is 5.91 Å². The van der Waals surface area contributed by atoms with E-state index in [2.05, 4.69) is 16.7 Å². The largest absolute Gasteiger partial charge is 0.376 e. The third-order valence-corrected chi connectivity index (χ3v) is 3.65. The number of halogens is 1. The number of hydrogen-bond donors (Lipinski definition) is 2. The summed E-state index contributed by atoms with van der Waals surface area (Å²) in [5, 5.41) is 15.6. The summed E-state index contributed by atoms with van der Waals surface area (Å²) in [6.45, 7) is 7.57. The Morgan fingerprint density at radius 3 is 2.65 bits per heavy atom. The molecule has 0 saturated carbocycles. The number of anilines is 1. The molecule has 2 N–H and O–H groups in total. The molecule has 0 spiro atoms. The van der Waals surface area contributed by atoms with E-state index in [1.165, 1.54) is 0 Å². The van der Waals surface area contributed by atoms with E-state index in [0.29, 0.717) is 5.02 Å². The van der Waals surface area contributed by atoms with E-state index < -0.39 is 5.54 Å². The molecule has 0 bridgehead atoms. The smallest absolute Gasteiger partial charge is 0.240 e. The van der Waals surface area contributed by atoms with Crippen LogP contribution in [0.25, 0.3) is 0 Å². The molecular weight excluding hydrogens is 274 g/mol. The third-order valence-electron chi connectivity index (χ3n) is 3.41. The second-order valence-electron chi connectivity index (χ2n) is 5.33. The van der Waals surface area contributed by atoms with Crippen molar-refractivity contribution >= 4 is 23.2 Å². The standard InChI is InChI=1S/C15H20ClN3O/c1-10(2)15(4,9-17)19-14(20)8-18-13-6-5-12(16)7-11(13)3/h5-7,10,18H,8H2,1-4H3,(H,19,20)/t15-/m0/s1. The normalized spacial score (nSPS) is 13.4. The Bertz CT molecular complexity index is 536. The molecule has 0 heterocycles. The minimum atomic E-state index is -0.853. The van der Waals surface area contributed by atoms with Gasteiger partial charge in [0.15, 0.2) is 0 Å². The molecular formula is C15H20ClN3O. The van der Waals surface area contributed by atoms with Gasteiger partial charge in [-0.1, -0.05) is 25.4 Å². The van der Waals surface area contributed by atoms with Crippen LogP contribution in [0, 0.1) is 24.2 Å². The Balaban J connectivity index is 2.62. The maximum absolute atomic E-state index is 11.9. The minimum absolute atomic E-state index is 0.0359. The van der Waals surface area contributed by atoms with Gasteiger partial charge in [-0.2, -0.15) is 5.26 Å². The third kappa shape index (κ3) is 4.14. The van der Waals surface area contributed by atoms with Crippen LogP contribution in [0.4, 0.5) is 5.69 Å². The SMILES string of the molecule is Cc1cc(Cl)ccc1NCC(=O)N[C@@](C)(C#N)C(C)C. The molecule has 0 radical (unpaired) electrons. The average Bonchev–Trinajstić information content (AvgIpc) is 2.37. The molecule has 0 fully saturated rings. The molecule has 4 nitrogen and oxygen atoms in total. The summed E-state index contributed by atoms with van der Waals surface area (Å²) < 4.78 is 0. The maximum Gasteiger partial charge on any atom is 0.240 e. The summed E-state index contributed by atoms with van der Waals surface area (Å²) in [5.41, 5.74) is 0.971. The van der Waals surface area contributed by atoms with Gasteiger partial charge < -0.3 is 10.6 Å². The zero-order valence-corrected chi connectivity index (χ0v) is 13.0. The van der Waals surface area contributed by atoms with Crippen LogP contribution in [0.3, 0.4) is 0 Å². The van der Waals surface area contributed by atoms with Crippen LogP contribution in [0.1, 0.15) is 26.3 Å². The molecule has 1 atom stereocenters. The van der Waals surface area contributed by atoms with Gasteiger partial charge in [-0.3, -0.25) is 4.79 Å². The molecule has 0 aliphatic rings. The quantitative estimate of drug-likeness (QED) is 0.876. The molecule has 0 aromatic heterocycles. The second-order valence-corrected chi connectivity index (χ2v) is 5.77. The number of aryl methyl sites for hydroxylation is 1. The van der Waals surface area contributed by atoms with Crippen molar-refractivity contribution in [2.75, 3.05) is 11.9 Å². The Hall–Kier alpha value is -1.73. The highest BCUT2D eigenvalue weighted by Crippen LogP contribution is 2.19. The molecule has 20 heavy (non-hydrogen) atoms. The number of nitrogens with one attached hydrogen (secondary N) is 2. The molecule has 1 amide bonds. The zero-order chi connectivity index (χ0) is 15.3. The molecule has 1 rings (SSSR count). The summed E-state index contributed by atoms with van der Waals surface area (Å²) in [6.07, 6.45) is 0. The molecule has 108 valence electrons. The number of hydrogen-bond acceptors (Lipinski definition) is 3. The summed E-state index contributed by atoms with van der Waals surface area (Å²) in [6, 6.07) is 7.57. The van der Waals surface area contributed by atoms with Gasteiger partial charge in [0, 0.05) is 10.7 Å². The summed E-state index contributed by atoms with van der Waals surface area (Å²) in [5.74, 6) is -0.175. The lowest BCUT2D eigenvalue weighted by Crippen LogP contribution is -2.50. The number of nitriles is 1. The number of amides is 1. The highest BCUT2D eigenvalue weighted by molar-refractivity contribution is 6.30. The van der Waals surface area contributed by atoms with Gasteiger partial charge in [0.05, 0.1) is 12.6 Å². The van der Waals surface area contributed by atoms with Crippen LogP contribution in [0.2, 0.25) is 5.02 Å². The van der Waals surface area contributed by atoms with Crippen molar-refractivity contribution in [3.05, 3.63) is 28.8 Å². The van der Waals surface area contributed by atoms with Gasteiger partial charge in [-0.25, -0.2) is 0 Å². The topological polar surface area (TPSA) is 64.9 Å². The van der Waals surface area contributed by atoms with E-state index in [0.717, 1.165) is 11.3 Å². The van der Waals surface area contributed by atoms with Crippen LogP contribution >= 0.6 is 11.6 Å². The molecule has 0 aliphatic heterocycles. The Morgan fingerprint density at radius 1 is 1.50 bits per heavy atom. The van der Waals surface area contributed by atoms with Crippen molar-refractivity contribution in [2.24, 2.45) is 5.92 Å². The zero-order valence-electron chi connectivity index (χ0n) is 12.2. The van der Waals surface area contributed by atoms with Gasteiger partial charge in [-0.15, -0.1) is 0 Å². The fraction of sp³-hybridized carbons (Fsp3) is 0.467. The van der Waals surface area contributed by atoms with Crippen LogP contribution in [0.15, 0.2) is 18.2 Å². The van der Waals surface area contributed by atoms with Gasteiger partial charge in [0.25, 0.3) is 0 Å². The van der Waals surface area contributed by atoms with Crippen LogP contribution in [-0.2, 0) is 4.79 Å². The van der Waals surface area contributed by atoms with Gasteiger partial charge >= 0.3 is 0 Å². The highest BCUT2D eigenvalue weighted by atomic mass is 35.5. The Kier molecular flexibility index (Phi) is 5.41. The van der Waals surface area contributed by atoms with E-state index in [1.54, 1.807) is 13.0 Å². The van der Waals surface area contributed by atoms with E-state index in [4.69, 9.17) is 16.9 Å². The molecule has 0 aliphatic carbocycles. The molecule has 1 aromatic rings. The van der Waals surface area contributed by atoms with E-state index in [9.17, 15) is 4.79 Å². The average molecular weight is 294 g/mol. The predicted octanol–water partition coefficient (Wildman–Crippen LogP) is 3.11. The summed E-state index contributed by atoms with van der Waals surface area (Å²) >= 11 is 5.88. The first-order valence-electron chi connectivity index (χ1n) is 6.51. The van der Waals surface area contributed by atoms with E-state index in [-0.39, 0.29) is 18.4 Å². The lowest BCUT2D eigenvalue weighted by molar-refractivity contribution is -0.121. The van der Waals surface area contributed by atoms with E-state index >= 15 is 0 Å². The number of carbonyl (C=O) groups is 1. The van der Waals surface area contributed by atoms with Crippen molar-refractivity contribution in [3.63, 3.8) is 0 Å². The summed E-state index contributed by atoms with van der Waals surface area (Å²) in [7, 11) is 0. The maximum atomic E-state index is 11.9. The first-order valence-corrected chi connectivity index (χ1v) is 6.88. The van der Waals surface area contributed by atoms with Gasteiger partial charge in [0.1, 0.15) is 5.54 Å². The number of rotatable bonds is 5. The molecule has 1 aromatic carbocycles. The van der Waals surface area contributed by atoms with Crippen molar-refractivity contribution in [3.8, 4) is 6.07 Å². The first-order chi connectivity index (χ1) is 9.28. The molecule has 5 heteroatoms. The number of carbonyl (C=O) groups excluding carboxylic acids is 1. The van der Waals surface area contributed by atoms with Crippen molar-refractivity contribution in [1.82, 2.24) is 5.32 Å². The van der Waals surface area contributed by atoms with Crippen LogP contribution in [0.5, 0.6) is 0 Å². The van der Waals surface area contributed by atoms with Crippen molar-refractivity contribution in [1.29, 1.82) is 5.26 Å². The molecule has 0 saturated heterocycles. The fourth-order valence-electron chi connectivity index (χ4n) is 1.64. The van der Waals surface area contributed by atoms with Crippen LogP contribution < -0.4 is 10.6 Å². The first kappa shape index (κ1) is 16.3. The Morgan fingerprint density at radius 2 is 2.15 bits per heavy atom. The fourth-order valence-corrected chi connectivity index (χ4v) is 1.86. The minimum Gasteiger partial charge on any atom is -0.376 e. The summed E-state index contributed by atoms with van der Waals surface area (Å²) in [4.78, 5) is 11.9. The Labute approximate surface area is 125 Å². The van der Waals surface area contributed by atoms with E-state index in [1.807, 2.05) is 32.9 Å². The highest BCUT2D eigenvalue weighted by Gasteiger charge is 2.29. The van der Waals surface area contributed by atoms with Crippen molar-refractivity contribution < 1.29 is 4.79 Å². The lowest BCUT2D eigenvalue weighted by Gasteiger charge is -2.27. The van der Waals surface area contributed by atoms with Crippen LogP contribution in [-0.4, -0.2) is 18.0 Å². The number of nitrogens with zero attached hydrogens (tertiary/aromatic N) is 1. The lowest BCUT2D eigenvalue weighted by atomic mass is 9.90. The van der Waals surface area contributed by atoms with Crippen molar-refractivity contribution in [2.45, 2.75) is 33.2 Å². The second kappa shape index (κ2) is 6.62. The van der Waals surface area contributed by atoms with Gasteiger partial charge in [-0.05, 0) is 43.5 Å². The predicted molar refractivity (Wildman–Crippen MR) is 81.7 cm³/mol.